The summed E-state index contributed by atoms with van der Waals surface area (Å²) in [5.74, 6) is -0.511. The summed E-state index contributed by atoms with van der Waals surface area (Å²) in [6.07, 6.45) is 80.1. The van der Waals surface area contributed by atoms with Gasteiger partial charge in [-0.25, -0.2) is 4.57 Å². The van der Waals surface area contributed by atoms with E-state index in [-0.39, 0.29) is 31.5 Å². The molecule has 0 aliphatic rings. The first-order valence-corrected chi connectivity index (χ1v) is 35.4. The number of hydrogen-bond acceptors (Lipinski definition) is 6. The Morgan fingerprint density at radius 2 is 0.790 bits per heavy atom. The Hall–Kier alpha value is -2.81. The van der Waals surface area contributed by atoms with Crippen molar-refractivity contribution in [1.82, 2.24) is 5.32 Å². The van der Waals surface area contributed by atoms with E-state index in [0.29, 0.717) is 17.4 Å². The van der Waals surface area contributed by atoms with E-state index in [1.165, 1.54) is 167 Å². The number of ether oxygens (including phenoxy) is 1. The highest BCUT2D eigenvalue weighted by atomic mass is 31.2. The number of phosphoric ester groups is 1. The minimum absolute atomic E-state index is 0.0361. The van der Waals surface area contributed by atoms with Crippen LogP contribution in [0.25, 0.3) is 0 Å². The fourth-order valence-corrected chi connectivity index (χ4v) is 10.3. The number of likely N-dealkylation sites (N-methyl/N-ethyl adjacent to an activating group) is 1. The van der Waals surface area contributed by atoms with Gasteiger partial charge < -0.3 is 19.4 Å². The highest BCUT2D eigenvalue weighted by molar-refractivity contribution is 7.47. The van der Waals surface area contributed by atoms with Crippen LogP contribution < -0.4 is 5.32 Å². The molecule has 0 aliphatic heterocycles. The number of amides is 1. The number of esters is 1. The quantitative estimate of drug-likeness (QED) is 0.0205. The second kappa shape index (κ2) is 60.3. The third-order valence-corrected chi connectivity index (χ3v) is 15.8. The Morgan fingerprint density at radius 1 is 0.444 bits per heavy atom. The number of carbonyl (C=O) groups excluding carboxylic acids is 2. The van der Waals surface area contributed by atoms with E-state index in [0.717, 1.165) is 103 Å². The molecule has 0 rings (SSSR count). The Kier molecular flexibility index (Phi) is 58.2. The summed E-state index contributed by atoms with van der Waals surface area (Å²) < 4.78 is 30.8. The Bertz CT molecular complexity index is 1660. The standard InChI is InChI=1S/C71H129N2O7P/c1-7-10-13-16-19-22-25-27-29-31-33-34-35-36-37-38-40-41-43-45-48-51-54-57-60-63-70(74)72-68(67-79-81(76,77)78-66-65-73(4,5)6)69(62-59-56-53-50-47-24-21-18-15-12-9-3)80-71(75)64-61-58-55-52-49-46-44-42-39-32-30-28-26-23-20-17-14-11-8-2/h10,13,19,22,27-30,33-34,36-37,59,62,68-69H,7-9,11-12,14-18,20-21,23-26,31-32,35,38-58,60-61,63-67H2,1-6H3,(H-,72,74,76,77)/p+1/b13-10-,22-19-,29-27-,30-28+,34-33-,37-36-,62-59-. The molecule has 3 unspecified atom stereocenters. The van der Waals surface area contributed by atoms with Gasteiger partial charge in [0.25, 0.3) is 0 Å². The molecule has 2 N–H and O–H groups in total. The molecule has 0 aromatic carbocycles. The molecule has 9 nitrogen and oxygen atoms in total. The van der Waals surface area contributed by atoms with Gasteiger partial charge in [-0.15, -0.1) is 0 Å². The maximum absolute atomic E-state index is 13.6. The SMILES string of the molecule is CC/C=C\C/C=C\C/C=C\C/C=C\C/C=C\CCCCCCCCCCCC(=O)NC(COP(=O)(O)OCC[N+](C)(C)C)C(/C=C\CCCCCCCCCCC)OC(=O)CCCCCCCCCCC/C=C/CCCCCCCC. The lowest BCUT2D eigenvalue weighted by molar-refractivity contribution is -0.870. The van der Waals surface area contributed by atoms with Crippen molar-refractivity contribution < 1.29 is 37.3 Å². The summed E-state index contributed by atoms with van der Waals surface area (Å²) in [6, 6.07) is -0.856. The molecule has 0 heterocycles. The normalized spacial score (nSPS) is 14.1. The monoisotopic (exact) mass is 1150 g/mol. The summed E-state index contributed by atoms with van der Waals surface area (Å²) >= 11 is 0. The van der Waals surface area contributed by atoms with Crippen LogP contribution in [-0.4, -0.2) is 74.3 Å². The molecule has 0 aromatic heterocycles. The average Bonchev–Trinajstić information content (AvgIpc) is 3.44. The zero-order chi connectivity index (χ0) is 59.3. The second-order valence-corrected chi connectivity index (χ2v) is 25.4. The average molecular weight is 1150 g/mol. The molecule has 10 heteroatoms. The summed E-state index contributed by atoms with van der Waals surface area (Å²) in [4.78, 5) is 37.8. The zero-order valence-electron chi connectivity index (χ0n) is 53.8. The van der Waals surface area contributed by atoms with Crippen molar-refractivity contribution in [3.8, 4) is 0 Å². The van der Waals surface area contributed by atoms with Crippen molar-refractivity contribution in [3.05, 3.63) is 85.1 Å². The van der Waals surface area contributed by atoms with Gasteiger partial charge >= 0.3 is 13.8 Å². The second-order valence-electron chi connectivity index (χ2n) is 24.0. The van der Waals surface area contributed by atoms with Crippen LogP contribution >= 0.6 is 7.82 Å². The van der Waals surface area contributed by atoms with Crippen LogP contribution in [0, 0.1) is 0 Å². The lowest BCUT2D eigenvalue weighted by atomic mass is 10.0. The fourth-order valence-electron chi connectivity index (χ4n) is 9.61. The number of nitrogens with one attached hydrogen (secondary N) is 1. The Labute approximate surface area is 501 Å². The smallest absolute Gasteiger partial charge is 0.456 e. The molecule has 0 saturated carbocycles. The van der Waals surface area contributed by atoms with Gasteiger partial charge in [0.05, 0.1) is 33.8 Å². The van der Waals surface area contributed by atoms with Crippen LogP contribution in [0.2, 0.25) is 0 Å². The van der Waals surface area contributed by atoms with Gasteiger partial charge in [-0.05, 0) is 102 Å². The van der Waals surface area contributed by atoms with E-state index >= 15 is 0 Å². The summed E-state index contributed by atoms with van der Waals surface area (Å²) in [6.45, 7) is 6.90. The van der Waals surface area contributed by atoms with E-state index in [1.54, 1.807) is 0 Å². The first kappa shape index (κ1) is 78.2. The van der Waals surface area contributed by atoms with Gasteiger partial charge in [-0.2, -0.15) is 0 Å². The predicted molar refractivity (Wildman–Crippen MR) is 351 cm³/mol. The predicted octanol–water partition coefficient (Wildman–Crippen LogP) is 21.3. The molecular weight excluding hydrogens is 1020 g/mol. The first-order chi connectivity index (χ1) is 39.4. The minimum Gasteiger partial charge on any atom is -0.456 e. The van der Waals surface area contributed by atoms with Gasteiger partial charge in [0.1, 0.15) is 19.3 Å². The molecular formula is C71H130N2O7P+. The molecule has 0 fully saturated rings. The zero-order valence-corrected chi connectivity index (χ0v) is 54.7. The maximum atomic E-state index is 13.6. The van der Waals surface area contributed by atoms with Crippen LogP contribution in [0.5, 0.6) is 0 Å². The largest absolute Gasteiger partial charge is 0.472 e. The maximum Gasteiger partial charge on any atom is 0.472 e. The van der Waals surface area contributed by atoms with Crippen LogP contribution in [-0.2, 0) is 27.9 Å². The van der Waals surface area contributed by atoms with Gasteiger partial charge in [0.2, 0.25) is 5.91 Å². The summed E-state index contributed by atoms with van der Waals surface area (Å²) in [5.41, 5.74) is 0. The lowest BCUT2D eigenvalue weighted by Crippen LogP contribution is -2.47. The third kappa shape index (κ3) is 61.6. The summed E-state index contributed by atoms with van der Waals surface area (Å²) in [7, 11) is 1.49. The van der Waals surface area contributed by atoms with Crippen LogP contribution in [0.3, 0.4) is 0 Å². The molecule has 1 amide bonds. The van der Waals surface area contributed by atoms with Crippen LogP contribution in [0.15, 0.2) is 85.1 Å². The van der Waals surface area contributed by atoms with Crippen molar-refractivity contribution in [3.63, 3.8) is 0 Å². The minimum atomic E-state index is -4.46. The number of nitrogens with zero attached hydrogens (tertiary/aromatic N) is 1. The van der Waals surface area contributed by atoms with Crippen molar-refractivity contribution >= 4 is 19.7 Å². The van der Waals surface area contributed by atoms with Gasteiger partial charge in [0.15, 0.2) is 0 Å². The molecule has 0 aromatic rings. The molecule has 470 valence electrons. The molecule has 81 heavy (non-hydrogen) atoms. The number of rotatable bonds is 61. The highest BCUT2D eigenvalue weighted by Crippen LogP contribution is 2.43. The molecule has 0 aliphatic carbocycles. The number of carbonyl (C=O) groups is 2. The van der Waals surface area contributed by atoms with Crippen LogP contribution in [0.4, 0.5) is 0 Å². The summed E-state index contributed by atoms with van der Waals surface area (Å²) in [5, 5.41) is 3.06. The van der Waals surface area contributed by atoms with Crippen molar-refractivity contribution in [1.29, 1.82) is 0 Å². The van der Waals surface area contributed by atoms with E-state index in [4.69, 9.17) is 13.8 Å². The molecule has 0 saturated heterocycles. The van der Waals surface area contributed by atoms with E-state index in [2.05, 4.69) is 99.0 Å². The molecule has 3 atom stereocenters. The van der Waals surface area contributed by atoms with Crippen molar-refractivity contribution in [2.75, 3.05) is 40.9 Å². The van der Waals surface area contributed by atoms with Gasteiger partial charge in [-0.1, -0.05) is 273 Å². The number of hydrogen-bond donors (Lipinski definition) is 2. The first-order valence-electron chi connectivity index (χ1n) is 33.9. The lowest BCUT2D eigenvalue weighted by Gasteiger charge is -2.27. The molecule has 0 bridgehead atoms. The molecule has 0 spiro atoms. The van der Waals surface area contributed by atoms with E-state index < -0.39 is 20.0 Å². The number of allylic oxidation sites excluding steroid dienone is 13. The Balaban J connectivity index is 5.10. The highest BCUT2D eigenvalue weighted by Gasteiger charge is 2.30. The Morgan fingerprint density at radius 3 is 1.20 bits per heavy atom. The van der Waals surface area contributed by atoms with Crippen molar-refractivity contribution in [2.45, 2.75) is 315 Å². The van der Waals surface area contributed by atoms with Crippen molar-refractivity contribution in [2.24, 2.45) is 0 Å². The van der Waals surface area contributed by atoms with Gasteiger partial charge in [0, 0.05) is 12.8 Å². The number of phosphoric acid groups is 1. The topological polar surface area (TPSA) is 111 Å². The van der Waals surface area contributed by atoms with Gasteiger partial charge in [-0.3, -0.25) is 18.6 Å². The third-order valence-electron chi connectivity index (χ3n) is 14.8. The van der Waals surface area contributed by atoms with E-state index in [1.807, 2.05) is 33.3 Å². The fraction of sp³-hybridized carbons (Fsp3) is 0.775. The molecule has 0 radical (unpaired) electrons. The number of unbranched alkanes of at least 4 members (excludes halogenated alkanes) is 33. The van der Waals surface area contributed by atoms with E-state index in [9.17, 15) is 19.0 Å². The number of quaternary nitrogens is 1. The van der Waals surface area contributed by atoms with Crippen LogP contribution in [0.1, 0.15) is 303 Å².